The first-order chi connectivity index (χ1) is 7.17. The maximum atomic E-state index is 13.1. The predicted molar refractivity (Wildman–Crippen MR) is 55.8 cm³/mol. The van der Waals surface area contributed by atoms with Gasteiger partial charge in [0.15, 0.2) is 0 Å². The molecule has 0 fully saturated rings. The van der Waals surface area contributed by atoms with E-state index in [9.17, 15) is 9.18 Å². The summed E-state index contributed by atoms with van der Waals surface area (Å²) in [6, 6.07) is 6.76. The molecule has 0 aliphatic heterocycles. The van der Waals surface area contributed by atoms with Crippen LogP contribution in [0.3, 0.4) is 0 Å². The summed E-state index contributed by atoms with van der Waals surface area (Å²) < 4.78 is 22.3. The molecule has 1 rings (SSSR count). The molecule has 0 spiro atoms. The molecule has 1 unspecified atom stereocenters. The predicted octanol–water partition coefficient (Wildman–Crippen LogP) is 2.26. The minimum Gasteiger partial charge on any atom is -0.497 e. The second-order valence-electron chi connectivity index (χ2n) is 2.63. The molecule has 82 valence electrons. The van der Waals surface area contributed by atoms with Gasteiger partial charge in [-0.25, -0.2) is 9.18 Å². The molecule has 0 heterocycles. The zero-order valence-electron chi connectivity index (χ0n) is 8.40. The lowest BCUT2D eigenvalue weighted by Gasteiger charge is -2.06. The topological polar surface area (TPSA) is 35.5 Å². The summed E-state index contributed by atoms with van der Waals surface area (Å²) in [5.41, 5.74) is -1.69. The Morgan fingerprint density at radius 2 is 1.93 bits per heavy atom. The second kappa shape index (κ2) is 5.60. The molecule has 1 atom stereocenters. The fraction of sp³-hybridized carbons (Fsp3) is 0.300. The van der Waals surface area contributed by atoms with Crippen LogP contribution in [0.1, 0.15) is 0 Å². The Bertz CT molecular complexity index is 326. The molecule has 1 aromatic carbocycles. The summed E-state index contributed by atoms with van der Waals surface area (Å²) >= 11 is 0.799. The first kappa shape index (κ1) is 11.8. The van der Waals surface area contributed by atoms with Crippen molar-refractivity contribution in [2.75, 3.05) is 14.2 Å². The number of hydrogen-bond donors (Lipinski definition) is 0. The van der Waals surface area contributed by atoms with Gasteiger partial charge in [-0.2, -0.15) is 0 Å². The van der Waals surface area contributed by atoms with Crippen molar-refractivity contribution in [2.24, 2.45) is 0 Å². The lowest BCUT2D eigenvalue weighted by molar-refractivity contribution is -0.142. The third-order valence-electron chi connectivity index (χ3n) is 1.69. The van der Waals surface area contributed by atoms with Crippen LogP contribution in [-0.2, 0) is 9.53 Å². The lowest BCUT2D eigenvalue weighted by Crippen LogP contribution is -2.12. The number of thioether (sulfide) groups is 1. The average Bonchev–Trinajstić information content (AvgIpc) is 2.29. The van der Waals surface area contributed by atoms with E-state index in [0.717, 1.165) is 18.9 Å². The van der Waals surface area contributed by atoms with Gasteiger partial charge >= 0.3 is 5.97 Å². The maximum absolute atomic E-state index is 13.1. The lowest BCUT2D eigenvalue weighted by atomic mass is 10.3. The van der Waals surface area contributed by atoms with Crippen molar-refractivity contribution in [3.8, 4) is 5.75 Å². The van der Waals surface area contributed by atoms with Crippen LogP contribution in [-0.4, -0.2) is 25.7 Å². The van der Waals surface area contributed by atoms with E-state index in [1.807, 2.05) is 0 Å². The molecule has 0 saturated carbocycles. The molecule has 0 bridgehead atoms. The Balaban J connectivity index is 2.60. The maximum Gasteiger partial charge on any atom is 0.351 e. The molecule has 0 aromatic heterocycles. The van der Waals surface area contributed by atoms with Crippen LogP contribution in [0.4, 0.5) is 4.39 Å². The second-order valence-corrected chi connectivity index (χ2v) is 3.75. The highest BCUT2D eigenvalue weighted by Gasteiger charge is 2.18. The van der Waals surface area contributed by atoms with E-state index in [1.54, 1.807) is 31.4 Å². The quantitative estimate of drug-likeness (QED) is 0.587. The normalized spacial score (nSPS) is 11.9. The SMILES string of the molecule is COC(=O)C(F)Sc1ccc(OC)cc1. The van der Waals surface area contributed by atoms with E-state index >= 15 is 0 Å². The Morgan fingerprint density at radius 1 is 1.33 bits per heavy atom. The van der Waals surface area contributed by atoms with Crippen molar-refractivity contribution in [3.63, 3.8) is 0 Å². The standard InChI is InChI=1S/C10H11FO3S/c1-13-7-3-5-8(6-4-7)15-9(11)10(12)14-2/h3-6,9H,1-2H3. The van der Waals surface area contributed by atoms with Gasteiger partial charge in [0.25, 0.3) is 0 Å². The smallest absolute Gasteiger partial charge is 0.351 e. The average molecular weight is 230 g/mol. The van der Waals surface area contributed by atoms with Crippen LogP contribution in [0.15, 0.2) is 29.2 Å². The van der Waals surface area contributed by atoms with E-state index < -0.39 is 11.5 Å². The molecule has 15 heavy (non-hydrogen) atoms. The fourth-order valence-electron chi connectivity index (χ4n) is 0.915. The van der Waals surface area contributed by atoms with Gasteiger partial charge in [-0.05, 0) is 24.3 Å². The van der Waals surface area contributed by atoms with Gasteiger partial charge in [-0.3, -0.25) is 0 Å². The van der Waals surface area contributed by atoms with E-state index in [0.29, 0.717) is 10.6 Å². The molecule has 3 nitrogen and oxygen atoms in total. The van der Waals surface area contributed by atoms with Gasteiger partial charge in [0.2, 0.25) is 5.50 Å². The van der Waals surface area contributed by atoms with Gasteiger partial charge < -0.3 is 9.47 Å². The first-order valence-corrected chi connectivity index (χ1v) is 5.08. The highest BCUT2D eigenvalue weighted by Crippen LogP contribution is 2.26. The Hall–Kier alpha value is -1.23. The molecule has 0 saturated heterocycles. The molecule has 0 aliphatic carbocycles. The number of hydrogen-bond acceptors (Lipinski definition) is 4. The Labute approximate surface area is 91.6 Å². The van der Waals surface area contributed by atoms with Crippen molar-refractivity contribution in [3.05, 3.63) is 24.3 Å². The summed E-state index contributed by atoms with van der Waals surface area (Å²) in [5, 5.41) is 0. The summed E-state index contributed by atoms with van der Waals surface area (Å²) in [5.74, 6) is -0.191. The highest BCUT2D eigenvalue weighted by molar-refractivity contribution is 8.00. The summed E-state index contributed by atoms with van der Waals surface area (Å²) in [6.07, 6.45) is 0. The number of alkyl halides is 1. The summed E-state index contributed by atoms with van der Waals surface area (Å²) in [7, 11) is 2.71. The van der Waals surface area contributed by atoms with Crippen LogP contribution in [0.5, 0.6) is 5.75 Å². The number of carbonyl (C=O) groups is 1. The van der Waals surface area contributed by atoms with Gasteiger partial charge in [-0.15, -0.1) is 0 Å². The summed E-state index contributed by atoms with van der Waals surface area (Å²) in [4.78, 5) is 11.4. The van der Waals surface area contributed by atoms with E-state index in [2.05, 4.69) is 4.74 Å². The van der Waals surface area contributed by atoms with E-state index in [-0.39, 0.29) is 0 Å². The zero-order chi connectivity index (χ0) is 11.3. The number of ether oxygens (including phenoxy) is 2. The molecule has 0 amide bonds. The first-order valence-electron chi connectivity index (χ1n) is 4.20. The van der Waals surface area contributed by atoms with Gasteiger partial charge in [0, 0.05) is 4.90 Å². The number of halogens is 1. The minimum absolute atomic E-state index is 0.647. The summed E-state index contributed by atoms with van der Waals surface area (Å²) in [6.45, 7) is 0. The van der Waals surface area contributed by atoms with Gasteiger partial charge in [-0.1, -0.05) is 11.8 Å². The van der Waals surface area contributed by atoms with Gasteiger partial charge in [0.1, 0.15) is 5.75 Å². The van der Waals surface area contributed by atoms with Gasteiger partial charge in [0.05, 0.1) is 14.2 Å². The zero-order valence-corrected chi connectivity index (χ0v) is 9.21. The van der Waals surface area contributed by atoms with Crippen LogP contribution < -0.4 is 4.74 Å². The van der Waals surface area contributed by atoms with Crippen LogP contribution in [0, 0.1) is 0 Å². The molecule has 0 radical (unpaired) electrons. The number of esters is 1. The third kappa shape index (κ3) is 3.43. The number of methoxy groups -OCH3 is 2. The van der Waals surface area contributed by atoms with Crippen molar-refractivity contribution in [1.82, 2.24) is 0 Å². The van der Waals surface area contributed by atoms with Crippen molar-refractivity contribution < 1.29 is 18.7 Å². The van der Waals surface area contributed by atoms with Crippen molar-refractivity contribution in [2.45, 2.75) is 10.4 Å². The van der Waals surface area contributed by atoms with Crippen LogP contribution in [0.2, 0.25) is 0 Å². The third-order valence-corrected chi connectivity index (χ3v) is 2.63. The largest absolute Gasteiger partial charge is 0.497 e. The Morgan fingerprint density at radius 3 is 2.40 bits per heavy atom. The molecular weight excluding hydrogens is 219 g/mol. The molecule has 0 aliphatic rings. The van der Waals surface area contributed by atoms with E-state index in [4.69, 9.17) is 4.74 Å². The van der Waals surface area contributed by atoms with E-state index in [1.165, 1.54) is 0 Å². The number of benzene rings is 1. The monoisotopic (exact) mass is 230 g/mol. The highest BCUT2D eigenvalue weighted by atomic mass is 32.2. The molecule has 1 aromatic rings. The fourth-order valence-corrected chi connectivity index (χ4v) is 1.64. The van der Waals surface area contributed by atoms with Crippen LogP contribution >= 0.6 is 11.8 Å². The number of carbonyl (C=O) groups excluding carboxylic acids is 1. The number of rotatable bonds is 4. The minimum atomic E-state index is -1.69. The molecule has 0 N–H and O–H groups in total. The molecular formula is C10H11FO3S. The molecule has 5 heteroatoms. The Kier molecular flexibility index (Phi) is 4.42. The van der Waals surface area contributed by atoms with Crippen molar-refractivity contribution >= 4 is 17.7 Å². The van der Waals surface area contributed by atoms with Crippen molar-refractivity contribution in [1.29, 1.82) is 0 Å². The van der Waals surface area contributed by atoms with Crippen LogP contribution in [0.25, 0.3) is 0 Å².